The predicted octanol–water partition coefficient (Wildman–Crippen LogP) is 2.20. The third-order valence-electron chi connectivity index (χ3n) is 2.69. The third kappa shape index (κ3) is 2.28. The Morgan fingerprint density at radius 1 is 1.24 bits per heavy atom. The summed E-state index contributed by atoms with van der Waals surface area (Å²) >= 11 is 0. The molecule has 0 aliphatic carbocycles. The number of hydrogen-bond acceptors (Lipinski definition) is 3. The number of hydrogen-bond donors (Lipinski definition) is 2. The monoisotopic (exact) mass is 235 g/mol. The quantitative estimate of drug-likeness (QED) is 0.853. The summed E-state index contributed by atoms with van der Waals surface area (Å²) in [6.07, 6.45) is 0.936. The van der Waals surface area contributed by atoms with E-state index in [2.05, 4.69) is 43.0 Å². The standard InChI is InChI=1S/C12H21N5/c1-7(2)5-9-10-11(13)14-15-12(10)17(16-9)6-8(3)4/h7-8H,5-6H2,1-4H3,(H3,13,14,15). The molecule has 0 unspecified atom stereocenters. The van der Waals surface area contributed by atoms with Crippen molar-refractivity contribution >= 4 is 16.9 Å². The van der Waals surface area contributed by atoms with E-state index in [0.29, 0.717) is 17.7 Å². The highest BCUT2D eigenvalue weighted by atomic mass is 15.3. The van der Waals surface area contributed by atoms with E-state index in [1.54, 1.807) is 0 Å². The van der Waals surface area contributed by atoms with Crippen LogP contribution in [-0.2, 0) is 13.0 Å². The van der Waals surface area contributed by atoms with E-state index >= 15 is 0 Å². The number of nitrogens with one attached hydrogen (secondary N) is 1. The molecule has 0 fully saturated rings. The molecule has 17 heavy (non-hydrogen) atoms. The van der Waals surface area contributed by atoms with Gasteiger partial charge in [0.15, 0.2) is 5.65 Å². The van der Waals surface area contributed by atoms with Crippen LogP contribution in [-0.4, -0.2) is 20.0 Å². The van der Waals surface area contributed by atoms with Crippen LogP contribution >= 0.6 is 0 Å². The van der Waals surface area contributed by atoms with Crippen LogP contribution in [0.4, 0.5) is 5.82 Å². The number of aromatic amines is 1. The molecule has 0 atom stereocenters. The Kier molecular flexibility index (Phi) is 3.09. The summed E-state index contributed by atoms with van der Waals surface area (Å²) < 4.78 is 1.96. The van der Waals surface area contributed by atoms with Crippen LogP contribution in [0.5, 0.6) is 0 Å². The number of nitrogens with zero attached hydrogens (tertiary/aromatic N) is 3. The first kappa shape index (κ1) is 12.0. The van der Waals surface area contributed by atoms with Gasteiger partial charge in [0.1, 0.15) is 5.82 Å². The summed E-state index contributed by atoms with van der Waals surface area (Å²) in [7, 11) is 0. The molecule has 2 aromatic heterocycles. The maximum absolute atomic E-state index is 5.93. The van der Waals surface area contributed by atoms with Gasteiger partial charge in [-0.1, -0.05) is 27.7 Å². The van der Waals surface area contributed by atoms with Gasteiger partial charge in [0.25, 0.3) is 0 Å². The summed E-state index contributed by atoms with van der Waals surface area (Å²) in [4.78, 5) is 0. The van der Waals surface area contributed by atoms with Gasteiger partial charge in [-0.3, -0.25) is 5.10 Å². The lowest BCUT2D eigenvalue weighted by Crippen LogP contribution is -2.07. The van der Waals surface area contributed by atoms with Crippen molar-refractivity contribution in [1.29, 1.82) is 0 Å². The van der Waals surface area contributed by atoms with E-state index in [4.69, 9.17) is 5.73 Å². The average Bonchev–Trinajstić information content (AvgIpc) is 2.69. The second kappa shape index (κ2) is 4.39. The fraction of sp³-hybridized carbons (Fsp3) is 0.667. The van der Waals surface area contributed by atoms with Gasteiger partial charge in [-0.15, -0.1) is 0 Å². The van der Waals surface area contributed by atoms with Gasteiger partial charge in [-0.25, -0.2) is 4.68 Å². The summed E-state index contributed by atoms with van der Waals surface area (Å²) in [5, 5.41) is 12.7. The van der Waals surface area contributed by atoms with Crippen molar-refractivity contribution in [3.05, 3.63) is 5.69 Å². The van der Waals surface area contributed by atoms with E-state index in [9.17, 15) is 0 Å². The summed E-state index contributed by atoms with van der Waals surface area (Å²) in [6, 6.07) is 0. The highest BCUT2D eigenvalue weighted by molar-refractivity contribution is 5.88. The highest BCUT2D eigenvalue weighted by Crippen LogP contribution is 2.24. The minimum absolute atomic E-state index is 0.544. The molecule has 0 saturated carbocycles. The maximum atomic E-state index is 5.93. The number of nitrogen functional groups attached to an aromatic ring is 1. The van der Waals surface area contributed by atoms with Gasteiger partial charge in [-0.2, -0.15) is 10.2 Å². The number of H-pyrrole nitrogens is 1. The highest BCUT2D eigenvalue weighted by Gasteiger charge is 2.17. The van der Waals surface area contributed by atoms with Gasteiger partial charge >= 0.3 is 0 Å². The van der Waals surface area contributed by atoms with E-state index in [0.717, 1.165) is 29.7 Å². The molecule has 0 aromatic carbocycles. The minimum Gasteiger partial charge on any atom is -0.383 e. The molecule has 0 amide bonds. The molecule has 94 valence electrons. The first-order chi connectivity index (χ1) is 7.99. The molecule has 5 nitrogen and oxygen atoms in total. The zero-order valence-electron chi connectivity index (χ0n) is 11.0. The first-order valence-corrected chi connectivity index (χ1v) is 6.18. The van der Waals surface area contributed by atoms with E-state index in [1.807, 2.05) is 4.68 Å². The molecular formula is C12H21N5. The number of nitrogens with two attached hydrogens (primary N) is 1. The SMILES string of the molecule is CC(C)Cc1nn(CC(C)C)c2n[nH]c(N)c12. The Morgan fingerprint density at radius 3 is 2.53 bits per heavy atom. The van der Waals surface area contributed by atoms with E-state index in [-0.39, 0.29) is 0 Å². The van der Waals surface area contributed by atoms with E-state index < -0.39 is 0 Å². The summed E-state index contributed by atoms with van der Waals surface area (Å²) in [5.41, 5.74) is 7.86. The topological polar surface area (TPSA) is 72.5 Å². The number of aromatic nitrogens is 4. The molecule has 3 N–H and O–H groups in total. The number of rotatable bonds is 4. The summed E-state index contributed by atoms with van der Waals surface area (Å²) in [5.74, 6) is 1.74. The van der Waals surface area contributed by atoms with Crippen LogP contribution in [0.15, 0.2) is 0 Å². The maximum Gasteiger partial charge on any atom is 0.182 e. The molecule has 2 aromatic rings. The lowest BCUT2D eigenvalue weighted by Gasteiger charge is -2.05. The zero-order valence-corrected chi connectivity index (χ0v) is 11.0. The van der Waals surface area contributed by atoms with Crippen molar-refractivity contribution < 1.29 is 0 Å². The zero-order chi connectivity index (χ0) is 12.6. The van der Waals surface area contributed by atoms with Crippen molar-refractivity contribution in [3.8, 4) is 0 Å². The smallest absolute Gasteiger partial charge is 0.182 e. The van der Waals surface area contributed by atoms with Gasteiger partial charge in [0.2, 0.25) is 0 Å². The minimum atomic E-state index is 0.544. The third-order valence-corrected chi connectivity index (χ3v) is 2.69. The Morgan fingerprint density at radius 2 is 1.94 bits per heavy atom. The van der Waals surface area contributed by atoms with E-state index in [1.165, 1.54) is 0 Å². The van der Waals surface area contributed by atoms with Crippen LogP contribution in [0.2, 0.25) is 0 Å². The average molecular weight is 235 g/mol. The second-order valence-corrected chi connectivity index (χ2v) is 5.46. The molecule has 0 radical (unpaired) electrons. The molecule has 0 bridgehead atoms. The molecular weight excluding hydrogens is 214 g/mol. The largest absolute Gasteiger partial charge is 0.383 e. The van der Waals surface area contributed by atoms with Crippen LogP contribution in [0, 0.1) is 11.8 Å². The fourth-order valence-electron chi connectivity index (χ4n) is 2.06. The van der Waals surface area contributed by atoms with Crippen molar-refractivity contribution in [2.24, 2.45) is 11.8 Å². The van der Waals surface area contributed by atoms with Crippen LogP contribution in [0.25, 0.3) is 11.0 Å². The molecule has 0 spiro atoms. The van der Waals surface area contributed by atoms with Gasteiger partial charge < -0.3 is 5.73 Å². The van der Waals surface area contributed by atoms with Gasteiger partial charge in [0.05, 0.1) is 11.1 Å². The lowest BCUT2D eigenvalue weighted by molar-refractivity contribution is 0.484. The second-order valence-electron chi connectivity index (χ2n) is 5.46. The predicted molar refractivity (Wildman–Crippen MR) is 69.7 cm³/mol. The van der Waals surface area contributed by atoms with Gasteiger partial charge in [0, 0.05) is 6.54 Å². The first-order valence-electron chi connectivity index (χ1n) is 6.18. The number of anilines is 1. The normalized spacial score (nSPS) is 12.1. The van der Waals surface area contributed by atoms with Crippen molar-refractivity contribution in [2.75, 3.05) is 5.73 Å². The molecule has 0 saturated heterocycles. The fourth-order valence-corrected chi connectivity index (χ4v) is 2.06. The Hall–Kier alpha value is -1.52. The van der Waals surface area contributed by atoms with Crippen LogP contribution in [0.3, 0.4) is 0 Å². The molecule has 2 heterocycles. The molecule has 5 heteroatoms. The number of fused-ring (bicyclic) bond motifs is 1. The Labute approximate surface area is 101 Å². The Bertz CT molecular complexity index is 506. The van der Waals surface area contributed by atoms with Gasteiger partial charge in [-0.05, 0) is 18.3 Å². The molecule has 0 aliphatic rings. The van der Waals surface area contributed by atoms with Crippen molar-refractivity contribution in [3.63, 3.8) is 0 Å². The van der Waals surface area contributed by atoms with Crippen molar-refractivity contribution in [1.82, 2.24) is 20.0 Å². The van der Waals surface area contributed by atoms with Crippen LogP contribution < -0.4 is 5.73 Å². The molecule has 0 aliphatic heterocycles. The van der Waals surface area contributed by atoms with Crippen molar-refractivity contribution in [2.45, 2.75) is 40.7 Å². The van der Waals surface area contributed by atoms with Crippen LogP contribution in [0.1, 0.15) is 33.4 Å². The molecule has 2 rings (SSSR count). The summed E-state index contributed by atoms with van der Waals surface area (Å²) in [6.45, 7) is 9.59. The Balaban J connectivity index is 2.48. The lowest BCUT2D eigenvalue weighted by atomic mass is 10.1.